The molecular formula is C28H38N2O2. The van der Waals surface area contributed by atoms with Crippen LogP contribution < -0.4 is 0 Å². The maximum absolute atomic E-state index is 10.5. The van der Waals surface area contributed by atoms with Gasteiger partial charge in [-0.05, 0) is 111 Å². The minimum atomic E-state index is 0.395. The minimum absolute atomic E-state index is 0.395. The number of aromatic hydroxyl groups is 2. The smallest absolute Gasteiger partial charge is 0.120 e. The van der Waals surface area contributed by atoms with E-state index in [1.165, 1.54) is 48.0 Å². The van der Waals surface area contributed by atoms with E-state index in [4.69, 9.17) is 0 Å². The van der Waals surface area contributed by atoms with Gasteiger partial charge in [0, 0.05) is 24.2 Å². The zero-order chi connectivity index (χ0) is 22.5. The lowest BCUT2D eigenvalue weighted by Crippen LogP contribution is -2.18. The Labute approximate surface area is 193 Å². The van der Waals surface area contributed by atoms with Crippen LogP contribution in [0.3, 0.4) is 0 Å². The molecule has 2 heterocycles. The van der Waals surface area contributed by atoms with Crippen molar-refractivity contribution < 1.29 is 10.2 Å². The van der Waals surface area contributed by atoms with E-state index >= 15 is 0 Å². The number of phenols is 2. The second kappa shape index (κ2) is 10.5. The Morgan fingerprint density at radius 1 is 0.656 bits per heavy atom. The van der Waals surface area contributed by atoms with Gasteiger partial charge in [-0.3, -0.25) is 9.80 Å². The molecule has 0 amide bonds. The second-order valence-corrected chi connectivity index (χ2v) is 9.32. The summed E-state index contributed by atoms with van der Waals surface area (Å²) in [5.74, 6) is 0.790. The van der Waals surface area contributed by atoms with Crippen molar-refractivity contribution in [2.75, 3.05) is 26.2 Å². The van der Waals surface area contributed by atoms with Crippen molar-refractivity contribution in [2.45, 2.75) is 65.5 Å². The summed E-state index contributed by atoms with van der Waals surface area (Å²) in [5.41, 5.74) is 7.09. The van der Waals surface area contributed by atoms with Gasteiger partial charge in [-0.25, -0.2) is 0 Å². The summed E-state index contributed by atoms with van der Waals surface area (Å²) in [6, 6.07) is 12.2. The number of hydrogen-bond donors (Lipinski definition) is 2. The fraction of sp³-hybridized carbons (Fsp3) is 0.500. The maximum Gasteiger partial charge on any atom is 0.120 e. The Bertz CT molecular complexity index is 876. The van der Waals surface area contributed by atoms with E-state index in [0.29, 0.717) is 11.5 Å². The first-order chi connectivity index (χ1) is 15.6. The first-order valence-corrected chi connectivity index (χ1v) is 12.4. The molecule has 4 rings (SSSR count). The number of benzene rings is 2. The molecule has 0 atom stereocenters. The largest absolute Gasteiger partial charge is 0.508 e. The molecule has 2 N–H and O–H groups in total. The highest BCUT2D eigenvalue weighted by molar-refractivity contribution is 5.91. The summed E-state index contributed by atoms with van der Waals surface area (Å²) in [5, 5.41) is 21.0. The molecule has 0 unspecified atom stereocenters. The third-order valence-electron chi connectivity index (χ3n) is 7.11. The van der Waals surface area contributed by atoms with E-state index in [1.807, 2.05) is 12.1 Å². The zero-order valence-electron chi connectivity index (χ0n) is 19.7. The lowest BCUT2D eigenvalue weighted by molar-refractivity contribution is 0.324. The van der Waals surface area contributed by atoms with Crippen molar-refractivity contribution in [3.8, 4) is 11.5 Å². The number of allylic oxidation sites excluding steroid dienone is 2. The van der Waals surface area contributed by atoms with Crippen LogP contribution in [0.4, 0.5) is 0 Å². The Balaban J connectivity index is 1.67. The van der Waals surface area contributed by atoms with Gasteiger partial charge in [0.05, 0.1) is 0 Å². The van der Waals surface area contributed by atoms with E-state index in [1.54, 1.807) is 0 Å². The van der Waals surface area contributed by atoms with Crippen molar-refractivity contribution in [3.63, 3.8) is 0 Å². The summed E-state index contributed by atoms with van der Waals surface area (Å²) in [6.45, 7) is 10.5. The molecule has 2 saturated heterocycles. The molecule has 4 nitrogen and oxygen atoms in total. The minimum Gasteiger partial charge on any atom is -0.508 e. The predicted molar refractivity (Wildman–Crippen MR) is 133 cm³/mol. The molecule has 0 spiro atoms. The second-order valence-electron chi connectivity index (χ2n) is 9.32. The van der Waals surface area contributed by atoms with E-state index in [0.717, 1.165) is 63.2 Å². The highest BCUT2D eigenvalue weighted by Gasteiger charge is 2.18. The third-order valence-corrected chi connectivity index (χ3v) is 7.11. The van der Waals surface area contributed by atoms with Crippen LogP contribution in [0.15, 0.2) is 36.4 Å². The van der Waals surface area contributed by atoms with Crippen LogP contribution >= 0.6 is 0 Å². The summed E-state index contributed by atoms with van der Waals surface area (Å²) in [6.07, 6.45) is 6.86. The van der Waals surface area contributed by atoms with Gasteiger partial charge in [-0.2, -0.15) is 0 Å². The molecule has 0 aliphatic carbocycles. The van der Waals surface area contributed by atoms with Crippen molar-refractivity contribution in [1.29, 1.82) is 0 Å². The fourth-order valence-corrected chi connectivity index (χ4v) is 5.35. The lowest BCUT2D eigenvalue weighted by Gasteiger charge is -2.20. The van der Waals surface area contributed by atoms with Gasteiger partial charge in [-0.15, -0.1) is 0 Å². The van der Waals surface area contributed by atoms with Crippen LogP contribution in [-0.4, -0.2) is 46.2 Å². The van der Waals surface area contributed by atoms with E-state index in [2.05, 4.69) is 47.9 Å². The monoisotopic (exact) mass is 434 g/mol. The number of phenolic OH excluding ortho intramolecular Hbond substituents is 2. The lowest BCUT2D eigenvalue weighted by atomic mass is 9.89. The van der Waals surface area contributed by atoms with E-state index < -0.39 is 0 Å². The topological polar surface area (TPSA) is 46.9 Å². The summed E-state index contributed by atoms with van der Waals surface area (Å²) < 4.78 is 0. The Morgan fingerprint density at radius 2 is 1.03 bits per heavy atom. The predicted octanol–water partition coefficient (Wildman–Crippen LogP) is 6.02. The van der Waals surface area contributed by atoms with Crippen molar-refractivity contribution >= 4 is 11.1 Å². The fourth-order valence-electron chi connectivity index (χ4n) is 5.35. The number of likely N-dealkylation sites (tertiary alicyclic amines) is 2. The van der Waals surface area contributed by atoms with Crippen LogP contribution in [0.25, 0.3) is 11.1 Å². The number of hydrogen-bond acceptors (Lipinski definition) is 4. The van der Waals surface area contributed by atoms with Gasteiger partial charge in [0.2, 0.25) is 0 Å². The van der Waals surface area contributed by atoms with Crippen molar-refractivity contribution in [1.82, 2.24) is 9.80 Å². The normalized spacial score (nSPS) is 18.3. The average Bonchev–Trinajstić information content (AvgIpc) is 3.50. The van der Waals surface area contributed by atoms with Gasteiger partial charge in [0.25, 0.3) is 0 Å². The first kappa shape index (κ1) is 22.9. The van der Waals surface area contributed by atoms with Gasteiger partial charge in [-0.1, -0.05) is 26.0 Å². The Morgan fingerprint density at radius 3 is 1.38 bits per heavy atom. The molecule has 0 saturated carbocycles. The van der Waals surface area contributed by atoms with Crippen molar-refractivity contribution in [2.24, 2.45) is 0 Å². The highest BCUT2D eigenvalue weighted by atomic mass is 16.3. The molecule has 4 heteroatoms. The van der Waals surface area contributed by atoms with E-state index in [-0.39, 0.29) is 0 Å². The molecule has 2 aromatic carbocycles. The summed E-state index contributed by atoms with van der Waals surface area (Å²) in [4.78, 5) is 4.86. The molecule has 0 bridgehead atoms. The van der Waals surface area contributed by atoms with Crippen LogP contribution in [0.1, 0.15) is 74.6 Å². The molecule has 2 aliphatic heterocycles. The highest BCUT2D eigenvalue weighted by Crippen LogP contribution is 2.35. The van der Waals surface area contributed by atoms with Crippen LogP contribution in [0.2, 0.25) is 0 Å². The zero-order valence-corrected chi connectivity index (χ0v) is 19.7. The summed E-state index contributed by atoms with van der Waals surface area (Å²) in [7, 11) is 0. The number of nitrogens with zero attached hydrogens (tertiary/aromatic N) is 2. The average molecular weight is 435 g/mol. The van der Waals surface area contributed by atoms with Gasteiger partial charge in [0.1, 0.15) is 11.5 Å². The maximum atomic E-state index is 10.5. The molecule has 0 radical (unpaired) electrons. The standard InChI is InChI=1S/C28H38N2O2/c1-3-25(21-9-11-27(31)23(17-21)19-29-13-5-6-14-29)26(4-2)22-10-12-28(32)24(18-22)20-30-15-7-8-16-30/h9-12,17-18,31-32H,3-8,13-16,19-20H2,1-2H3. The Hall–Kier alpha value is -2.30. The van der Waals surface area contributed by atoms with Gasteiger partial charge >= 0.3 is 0 Å². The van der Waals surface area contributed by atoms with Crippen LogP contribution in [0, 0.1) is 0 Å². The molecule has 2 aliphatic rings. The van der Waals surface area contributed by atoms with Gasteiger partial charge < -0.3 is 10.2 Å². The van der Waals surface area contributed by atoms with Crippen LogP contribution in [-0.2, 0) is 13.1 Å². The Kier molecular flexibility index (Phi) is 7.54. The van der Waals surface area contributed by atoms with E-state index in [9.17, 15) is 10.2 Å². The molecule has 32 heavy (non-hydrogen) atoms. The van der Waals surface area contributed by atoms with Gasteiger partial charge in [0.15, 0.2) is 0 Å². The van der Waals surface area contributed by atoms with Crippen molar-refractivity contribution in [3.05, 3.63) is 58.7 Å². The molecule has 2 aromatic rings. The summed E-state index contributed by atoms with van der Waals surface area (Å²) >= 11 is 0. The molecule has 172 valence electrons. The molecule has 0 aromatic heterocycles. The van der Waals surface area contributed by atoms with Crippen LogP contribution in [0.5, 0.6) is 11.5 Å². The quantitative estimate of drug-likeness (QED) is 0.499. The molecular weight excluding hydrogens is 396 g/mol. The molecule has 2 fully saturated rings. The number of rotatable bonds is 8. The third kappa shape index (κ3) is 5.19. The SMILES string of the molecule is CCC(=C(CC)c1ccc(O)c(CN2CCCC2)c1)c1ccc(O)c(CN2CCCC2)c1. The first-order valence-electron chi connectivity index (χ1n) is 12.4.